The van der Waals surface area contributed by atoms with Crippen LogP contribution in [0.5, 0.6) is 11.5 Å². The summed E-state index contributed by atoms with van der Waals surface area (Å²) in [6.45, 7) is 2.01. The molecule has 4 rings (SSSR count). The molecule has 0 bridgehead atoms. The number of fused-ring (bicyclic) bond motifs is 2. The lowest BCUT2D eigenvalue weighted by Crippen LogP contribution is -2.40. The van der Waals surface area contributed by atoms with Gasteiger partial charge in [0.05, 0.1) is 18.7 Å². The van der Waals surface area contributed by atoms with Crippen LogP contribution in [0.25, 0.3) is 0 Å². The Kier molecular flexibility index (Phi) is 4.09. The second-order valence-electron chi connectivity index (χ2n) is 6.50. The maximum absolute atomic E-state index is 12.8. The van der Waals surface area contributed by atoms with Gasteiger partial charge in [0.25, 0.3) is 0 Å². The molecule has 25 heavy (non-hydrogen) atoms. The van der Waals surface area contributed by atoms with Gasteiger partial charge in [-0.2, -0.15) is 5.10 Å². The fourth-order valence-corrected chi connectivity index (χ4v) is 3.50. The molecular weight excluding hydrogens is 322 g/mol. The summed E-state index contributed by atoms with van der Waals surface area (Å²) in [7, 11) is 3.58. The van der Waals surface area contributed by atoms with Crippen LogP contribution in [0.2, 0.25) is 0 Å². The molecule has 1 aromatic heterocycles. The van der Waals surface area contributed by atoms with E-state index in [1.807, 2.05) is 36.3 Å². The van der Waals surface area contributed by atoms with Gasteiger partial charge in [-0.1, -0.05) is 6.07 Å². The van der Waals surface area contributed by atoms with Gasteiger partial charge < -0.3 is 19.1 Å². The first-order chi connectivity index (χ1) is 12.1. The SMILES string of the molecule is COC[C@@H]1CN(C(=O)Cc2ccc3c(c2)OCO3)Cc2cn(C)nc21. The van der Waals surface area contributed by atoms with Crippen molar-refractivity contribution < 1.29 is 19.0 Å². The molecule has 2 aromatic rings. The number of carbonyl (C=O) groups excluding carboxylic acids is 1. The smallest absolute Gasteiger partial charge is 0.231 e. The van der Waals surface area contributed by atoms with Crippen LogP contribution in [0.1, 0.15) is 22.7 Å². The lowest BCUT2D eigenvalue weighted by atomic mass is 9.96. The van der Waals surface area contributed by atoms with Crippen LogP contribution < -0.4 is 9.47 Å². The Morgan fingerprint density at radius 3 is 3.04 bits per heavy atom. The van der Waals surface area contributed by atoms with Crippen molar-refractivity contribution in [1.29, 1.82) is 0 Å². The third kappa shape index (κ3) is 3.07. The Bertz CT molecular complexity index is 802. The number of aromatic nitrogens is 2. The number of ether oxygens (including phenoxy) is 3. The molecule has 0 N–H and O–H groups in total. The Labute approximate surface area is 146 Å². The number of carbonyl (C=O) groups is 1. The summed E-state index contributed by atoms with van der Waals surface area (Å²) in [5, 5.41) is 4.54. The monoisotopic (exact) mass is 343 g/mol. The van der Waals surface area contributed by atoms with Crippen LogP contribution in [0, 0.1) is 0 Å². The number of methoxy groups -OCH3 is 1. The van der Waals surface area contributed by atoms with Gasteiger partial charge in [0, 0.05) is 44.9 Å². The largest absolute Gasteiger partial charge is 0.454 e. The van der Waals surface area contributed by atoms with Crippen molar-refractivity contribution in [3.63, 3.8) is 0 Å². The average Bonchev–Trinajstić information content (AvgIpc) is 3.19. The van der Waals surface area contributed by atoms with Gasteiger partial charge in [0.1, 0.15) is 0 Å². The highest BCUT2D eigenvalue weighted by atomic mass is 16.7. The Morgan fingerprint density at radius 2 is 2.20 bits per heavy atom. The average molecular weight is 343 g/mol. The normalized spacial score (nSPS) is 18.3. The van der Waals surface area contributed by atoms with Crippen molar-refractivity contribution in [1.82, 2.24) is 14.7 Å². The van der Waals surface area contributed by atoms with Crippen LogP contribution in [0.3, 0.4) is 0 Å². The minimum absolute atomic E-state index is 0.0921. The number of hydrogen-bond acceptors (Lipinski definition) is 5. The maximum Gasteiger partial charge on any atom is 0.231 e. The summed E-state index contributed by atoms with van der Waals surface area (Å²) in [5.41, 5.74) is 3.06. The van der Waals surface area contributed by atoms with E-state index in [1.165, 1.54) is 0 Å². The molecule has 1 amide bonds. The van der Waals surface area contributed by atoms with Crippen molar-refractivity contribution in [3.8, 4) is 11.5 Å². The summed E-state index contributed by atoms with van der Waals surface area (Å²) in [5.74, 6) is 1.63. The van der Waals surface area contributed by atoms with Crippen molar-refractivity contribution in [2.24, 2.45) is 7.05 Å². The van der Waals surface area contributed by atoms with E-state index in [0.29, 0.717) is 31.9 Å². The lowest BCUT2D eigenvalue weighted by molar-refractivity contribution is -0.132. The van der Waals surface area contributed by atoms with Crippen LogP contribution >= 0.6 is 0 Å². The highest BCUT2D eigenvalue weighted by Gasteiger charge is 2.30. The fourth-order valence-electron chi connectivity index (χ4n) is 3.50. The molecule has 7 nitrogen and oxygen atoms in total. The summed E-state index contributed by atoms with van der Waals surface area (Å²) in [6.07, 6.45) is 2.32. The van der Waals surface area contributed by atoms with E-state index in [9.17, 15) is 4.79 Å². The number of aryl methyl sites for hydroxylation is 1. The standard InChI is InChI=1S/C18H21N3O4/c1-20-7-13-8-21(9-14(10-23-2)18(13)19-20)17(22)6-12-3-4-15-16(5-12)25-11-24-15/h3-5,7,14H,6,8-11H2,1-2H3/t14-/m0/s1. The number of benzene rings is 1. The van der Waals surface area contributed by atoms with Crippen LogP contribution in [0.4, 0.5) is 0 Å². The minimum Gasteiger partial charge on any atom is -0.454 e. The minimum atomic E-state index is 0.0921. The van der Waals surface area contributed by atoms with Gasteiger partial charge in [0.15, 0.2) is 11.5 Å². The van der Waals surface area contributed by atoms with Crippen molar-refractivity contribution in [2.75, 3.05) is 27.1 Å². The van der Waals surface area contributed by atoms with Crippen LogP contribution in [-0.4, -0.2) is 47.6 Å². The maximum atomic E-state index is 12.8. The third-order valence-corrected chi connectivity index (χ3v) is 4.64. The number of hydrogen-bond donors (Lipinski definition) is 0. The molecule has 132 valence electrons. The van der Waals surface area contributed by atoms with E-state index < -0.39 is 0 Å². The molecule has 7 heteroatoms. The molecule has 0 saturated heterocycles. The fraction of sp³-hybridized carbons (Fsp3) is 0.444. The van der Waals surface area contributed by atoms with E-state index in [1.54, 1.807) is 11.8 Å². The van der Waals surface area contributed by atoms with E-state index in [0.717, 1.165) is 22.6 Å². The molecule has 1 aromatic carbocycles. The number of amides is 1. The molecule has 0 saturated carbocycles. The summed E-state index contributed by atoms with van der Waals surface area (Å²) in [6, 6.07) is 5.65. The molecule has 0 unspecified atom stereocenters. The van der Waals surface area contributed by atoms with Crippen molar-refractivity contribution in [3.05, 3.63) is 41.2 Å². The predicted octanol–water partition coefficient (Wildman–Crippen LogP) is 1.46. The third-order valence-electron chi connectivity index (χ3n) is 4.64. The second-order valence-corrected chi connectivity index (χ2v) is 6.50. The predicted molar refractivity (Wildman–Crippen MR) is 89.5 cm³/mol. The number of rotatable bonds is 4. The summed E-state index contributed by atoms with van der Waals surface area (Å²) < 4.78 is 17.8. The van der Waals surface area contributed by atoms with Crippen LogP contribution in [-0.2, 0) is 29.5 Å². The molecule has 2 aliphatic rings. The van der Waals surface area contributed by atoms with Gasteiger partial charge in [0.2, 0.25) is 12.7 Å². The highest BCUT2D eigenvalue weighted by Crippen LogP contribution is 2.33. The van der Waals surface area contributed by atoms with Crippen LogP contribution in [0.15, 0.2) is 24.4 Å². The zero-order valence-corrected chi connectivity index (χ0v) is 14.4. The van der Waals surface area contributed by atoms with E-state index in [2.05, 4.69) is 5.10 Å². The first-order valence-corrected chi connectivity index (χ1v) is 8.31. The second kappa shape index (κ2) is 6.40. The van der Waals surface area contributed by atoms with Crippen molar-refractivity contribution in [2.45, 2.75) is 18.9 Å². The molecule has 2 aliphatic heterocycles. The van der Waals surface area contributed by atoms with Gasteiger partial charge in [-0.3, -0.25) is 9.48 Å². The van der Waals surface area contributed by atoms with E-state index in [-0.39, 0.29) is 18.6 Å². The molecule has 0 spiro atoms. The van der Waals surface area contributed by atoms with Gasteiger partial charge in [-0.15, -0.1) is 0 Å². The Balaban J connectivity index is 1.50. The zero-order chi connectivity index (χ0) is 17.4. The van der Waals surface area contributed by atoms with Gasteiger partial charge >= 0.3 is 0 Å². The van der Waals surface area contributed by atoms with Gasteiger partial charge in [-0.25, -0.2) is 0 Å². The molecule has 1 atom stereocenters. The lowest BCUT2D eigenvalue weighted by Gasteiger charge is -2.31. The Morgan fingerprint density at radius 1 is 1.36 bits per heavy atom. The molecule has 0 aliphatic carbocycles. The Hall–Kier alpha value is -2.54. The van der Waals surface area contributed by atoms with E-state index in [4.69, 9.17) is 14.2 Å². The molecule has 0 fully saturated rings. The quantitative estimate of drug-likeness (QED) is 0.841. The summed E-state index contributed by atoms with van der Waals surface area (Å²) in [4.78, 5) is 14.7. The highest BCUT2D eigenvalue weighted by molar-refractivity contribution is 5.79. The topological polar surface area (TPSA) is 65.8 Å². The number of nitrogens with zero attached hydrogens (tertiary/aromatic N) is 3. The van der Waals surface area contributed by atoms with Crippen molar-refractivity contribution >= 4 is 5.91 Å². The first kappa shape index (κ1) is 16.0. The molecule has 3 heterocycles. The summed E-state index contributed by atoms with van der Waals surface area (Å²) >= 11 is 0. The van der Waals surface area contributed by atoms with E-state index >= 15 is 0 Å². The molecular formula is C18H21N3O4. The zero-order valence-electron chi connectivity index (χ0n) is 14.4. The molecule has 0 radical (unpaired) electrons. The van der Waals surface area contributed by atoms with Gasteiger partial charge in [-0.05, 0) is 17.7 Å². The first-order valence-electron chi connectivity index (χ1n) is 8.31.